The van der Waals surface area contributed by atoms with E-state index < -0.39 is 0 Å². The van der Waals surface area contributed by atoms with Gasteiger partial charge in [0, 0.05) is 12.4 Å². The Hall–Kier alpha value is -2.49. The van der Waals surface area contributed by atoms with Crippen LogP contribution in [-0.2, 0) is 0 Å². The molecule has 84 valence electrons. The molecule has 0 bridgehead atoms. The van der Waals surface area contributed by atoms with E-state index in [-0.39, 0.29) is 5.91 Å². The Morgan fingerprint density at radius 3 is 2.71 bits per heavy atom. The average molecular weight is 225 g/mol. The molecule has 0 unspecified atom stereocenters. The molecule has 1 aromatic carbocycles. The van der Waals surface area contributed by atoms with E-state index in [1.165, 1.54) is 6.20 Å². The van der Waals surface area contributed by atoms with Gasteiger partial charge in [0.05, 0.1) is 11.8 Å². The first-order valence-electron chi connectivity index (χ1n) is 5.15. The van der Waals surface area contributed by atoms with Crippen molar-refractivity contribution < 1.29 is 4.79 Å². The first-order chi connectivity index (χ1) is 8.36. The summed E-state index contributed by atoms with van der Waals surface area (Å²) in [4.78, 5) is 15.4. The average Bonchev–Trinajstić information content (AvgIpc) is 2.41. The summed E-state index contributed by atoms with van der Waals surface area (Å²) in [5.41, 5.74) is 3.85. The van der Waals surface area contributed by atoms with Gasteiger partial charge in [-0.15, -0.1) is 0 Å². The normalized spacial score (nSPS) is 10.4. The molecule has 4 heteroatoms. The molecular weight excluding hydrogens is 214 g/mol. The highest BCUT2D eigenvalue weighted by molar-refractivity contribution is 5.94. The van der Waals surface area contributed by atoms with Crippen molar-refractivity contribution in [3.8, 4) is 0 Å². The maximum absolute atomic E-state index is 11.6. The van der Waals surface area contributed by atoms with Crippen molar-refractivity contribution in [1.82, 2.24) is 10.4 Å². The summed E-state index contributed by atoms with van der Waals surface area (Å²) >= 11 is 0. The predicted octanol–water partition coefficient (Wildman–Crippen LogP) is 1.85. The Bertz CT molecular complexity index is 509. The SMILES string of the molecule is O=C(N/N=C\c1ccccc1)c1cccnc1. The molecule has 0 spiro atoms. The Balaban J connectivity index is 1.95. The minimum atomic E-state index is -0.273. The number of nitrogens with one attached hydrogen (secondary N) is 1. The van der Waals surface area contributed by atoms with E-state index in [0.717, 1.165) is 5.56 Å². The summed E-state index contributed by atoms with van der Waals surface area (Å²) in [6, 6.07) is 12.9. The summed E-state index contributed by atoms with van der Waals surface area (Å²) < 4.78 is 0. The second-order valence-electron chi connectivity index (χ2n) is 3.35. The van der Waals surface area contributed by atoms with E-state index in [4.69, 9.17) is 0 Å². The molecule has 4 nitrogen and oxygen atoms in total. The Kier molecular flexibility index (Phi) is 3.60. The molecule has 0 saturated carbocycles. The van der Waals surface area contributed by atoms with Crippen LogP contribution in [0.15, 0.2) is 60.0 Å². The first kappa shape index (κ1) is 11.0. The van der Waals surface area contributed by atoms with Crippen molar-refractivity contribution in [2.45, 2.75) is 0 Å². The summed E-state index contributed by atoms with van der Waals surface area (Å²) in [5.74, 6) is -0.273. The number of hydrazone groups is 1. The van der Waals surface area contributed by atoms with E-state index in [9.17, 15) is 4.79 Å². The molecule has 1 amide bonds. The number of pyridine rings is 1. The summed E-state index contributed by atoms with van der Waals surface area (Å²) in [6.07, 6.45) is 4.70. The minimum Gasteiger partial charge on any atom is -0.267 e. The molecular formula is C13H11N3O. The van der Waals surface area contributed by atoms with Crippen molar-refractivity contribution in [2.75, 3.05) is 0 Å². The van der Waals surface area contributed by atoms with Crippen LogP contribution in [-0.4, -0.2) is 17.1 Å². The van der Waals surface area contributed by atoms with Crippen LogP contribution in [0.2, 0.25) is 0 Å². The molecule has 0 saturated heterocycles. The monoisotopic (exact) mass is 225 g/mol. The highest BCUT2D eigenvalue weighted by atomic mass is 16.2. The van der Waals surface area contributed by atoms with Crippen molar-refractivity contribution in [2.24, 2.45) is 5.10 Å². The van der Waals surface area contributed by atoms with Crippen LogP contribution in [0.4, 0.5) is 0 Å². The second kappa shape index (κ2) is 5.55. The third-order valence-corrected chi connectivity index (χ3v) is 2.10. The number of nitrogens with zero attached hydrogens (tertiary/aromatic N) is 2. The van der Waals surface area contributed by atoms with Gasteiger partial charge in [-0.1, -0.05) is 30.3 Å². The van der Waals surface area contributed by atoms with Crippen LogP contribution in [0.25, 0.3) is 0 Å². The number of hydrogen-bond donors (Lipinski definition) is 1. The van der Waals surface area contributed by atoms with Gasteiger partial charge in [-0.25, -0.2) is 5.43 Å². The second-order valence-corrected chi connectivity index (χ2v) is 3.35. The molecule has 1 heterocycles. The number of amides is 1. The lowest BCUT2D eigenvalue weighted by Gasteiger charge is -1.98. The van der Waals surface area contributed by atoms with Gasteiger partial charge in [0.1, 0.15) is 0 Å². The quantitative estimate of drug-likeness (QED) is 0.640. The predicted molar refractivity (Wildman–Crippen MR) is 65.7 cm³/mol. The smallest absolute Gasteiger partial charge is 0.267 e. The number of rotatable bonds is 3. The van der Waals surface area contributed by atoms with Crippen molar-refractivity contribution >= 4 is 12.1 Å². The molecule has 1 aromatic heterocycles. The molecule has 0 aliphatic heterocycles. The molecule has 1 N–H and O–H groups in total. The lowest BCUT2D eigenvalue weighted by Crippen LogP contribution is -2.17. The minimum absolute atomic E-state index is 0.273. The maximum atomic E-state index is 11.6. The van der Waals surface area contributed by atoms with Crippen molar-refractivity contribution in [3.05, 3.63) is 66.0 Å². The van der Waals surface area contributed by atoms with E-state index in [1.807, 2.05) is 30.3 Å². The Morgan fingerprint density at radius 1 is 1.18 bits per heavy atom. The zero-order valence-electron chi connectivity index (χ0n) is 9.08. The molecule has 0 atom stereocenters. The summed E-state index contributed by atoms with van der Waals surface area (Å²) in [7, 11) is 0. The fourth-order valence-corrected chi connectivity index (χ4v) is 1.27. The molecule has 2 aromatic rings. The third-order valence-electron chi connectivity index (χ3n) is 2.10. The topological polar surface area (TPSA) is 54.4 Å². The largest absolute Gasteiger partial charge is 0.272 e. The molecule has 0 aliphatic carbocycles. The zero-order valence-corrected chi connectivity index (χ0v) is 9.08. The number of carbonyl (C=O) groups is 1. The molecule has 0 aliphatic rings. The first-order valence-corrected chi connectivity index (χ1v) is 5.15. The lowest BCUT2D eigenvalue weighted by atomic mass is 10.2. The van der Waals surface area contributed by atoms with Crippen LogP contribution in [0.3, 0.4) is 0 Å². The van der Waals surface area contributed by atoms with E-state index >= 15 is 0 Å². The fourth-order valence-electron chi connectivity index (χ4n) is 1.27. The molecule has 2 rings (SSSR count). The van der Waals surface area contributed by atoms with Gasteiger partial charge in [0.15, 0.2) is 0 Å². The lowest BCUT2D eigenvalue weighted by molar-refractivity contribution is 0.0955. The Morgan fingerprint density at radius 2 is 2.00 bits per heavy atom. The molecule has 0 fully saturated rings. The Labute approximate surface area is 99.0 Å². The van der Waals surface area contributed by atoms with Gasteiger partial charge in [-0.05, 0) is 17.7 Å². The molecule has 0 radical (unpaired) electrons. The number of carbonyl (C=O) groups excluding carboxylic acids is 1. The van der Waals surface area contributed by atoms with Gasteiger partial charge in [-0.3, -0.25) is 9.78 Å². The maximum Gasteiger partial charge on any atom is 0.272 e. The number of benzene rings is 1. The van der Waals surface area contributed by atoms with Gasteiger partial charge in [-0.2, -0.15) is 5.10 Å². The van der Waals surface area contributed by atoms with Crippen LogP contribution < -0.4 is 5.43 Å². The summed E-state index contributed by atoms with van der Waals surface area (Å²) in [5, 5.41) is 3.87. The van der Waals surface area contributed by atoms with Gasteiger partial charge in [0.25, 0.3) is 5.91 Å². The van der Waals surface area contributed by atoms with E-state index in [1.54, 1.807) is 24.5 Å². The van der Waals surface area contributed by atoms with Crippen LogP contribution in [0.5, 0.6) is 0 Å². The highest BCUT2D eigenvalue weighted by Gasteiger charge is 2.01. The van der Waals surface area contributed by atoms with E-state index in [0.29, 0.717) is 5.56 Å². The third kappa shape index (κ3) is 3.24. The van der Waals surface area contributed by atoms with E-state index in [2.05, 4.69) is 15.5 Å². The van der Waals surface area contributed by atoms with Gasteiger partial charge in [0.2, 0.25) is 0 Å². The van der Waals surface area contributed by atoms with Crippen LogP contribution in [0, 0.1) is 0 Å². The number of hydrogen-bond acceptors (Lipinski definition) is 3. The van der Waals surface area contributed by atoms with Crippen molar-refractivity contribution in [1.29, 1.82) is 0 Å². The standard InChI is InChI=1S/C13H11N3O/c17-13(12-7-4-8-14-10-12)16-15-9-11-5-2-1-3-6-11/h1-10H,(H,16,17)/b15-9-. The fraction of sp³-hybridized carbons (Fsp3) is 0. The van der Waals surface area contributed by atoms with Gasteiger partial charge >= 0.3 is 0 Å². The molecule has 17 heavy (non-hydrogen) atoms. The van der Waals surface area contributed by atoms with Crippen LogP contribution >= 0.6 is 0 Å². The van der Waals surface area contributed by atoms with Crippen LogP contribution in [0.1, 0.15) is 15.9 Å². The number of aromatic nitrogens is 1. The zero-order chi connectivity index (χ0) is 11.9. The summed E-state index contributed by atoms with van der Waals surface area (Å²) in [6.45, 7) is 0. The highest BCUT2D eigenvalue weighted by Crippen LogP contribution is 1.96. The van der Waals surface area contributed by atoms with Crippen molar-refractivity contribution in [3.63, 3.8) is 0 Å². The van der Waals surface area contributed by atoms with Gasteiger partial charge < -0.3 is 0 Å².